The van der Waals surface area contributed by atoms with E-state index < -0.39 is 27.6 Å². The van der Waals surface area contributed by atoms with Crippen molar-refractivity contribution < 1.29 is 17.9 Å². The Morgan fingerprint density at radius 1 is 1.12 bits per heavy atom. The molecule has 0 saturated carbocycles. The van der Waals surface area contributed by atoms with Gasteiger partial charge in [0.15, 0.2) is 6.17 Å². The van der Waals surface area contributed by atoms with Crippen molar-refractivity contribution in [1.29, 1.82) is 0 Å². The number of benzene rings is 3. The third-order valence-electron chi connectivity index (χ3n) is 6.16. The molecular formula is C28H33ClN6O4S. The number of anilines is 3. The molecule has 3 aromatic carbocycles. The fraction of sp³-hybridized carbons (Fsp3) is 0.286. The summed E-state index contributed by atoms with van der Waals surface area (Å²) < 4.78 is 35.7. The molecule has 1 amide bonds. The lowest BCUT2D eigenvalue weighted by molar-refractivity contribution is -0.120. The number of nitrogens with one attached hydrogen (secondary N) is 3. The van der Waals surface area contributed by atoms with Gasteiger partial charge < -0.3 is 26.0 Å². The minimum atomic E-state index is -4.11. The number of ether oxygens (including phenoxy) is 1. The average molecular weight is 585 g/mol. The molecule has 12 heteroatoms. The van der Waals surface area contributed by atoms with Crippen molar-refractivity contribution in [2.24, 2.45) is 10.7 Å². The monoisotopic (exact) mass is 584 g/mol. The molecule has 0 aromatic heterocycles. The molecule has 1 aliphatic heterocycles. The van der Waals surface area contributed by atoms with Gasteiger partial charge in [-0.25, -0.2) is 13.4 Å². The number of sulfonamides is 1. The number of nitrogens with zero attached hydrogens (tertiary/aromatic N) is 2. The Bertz CT molecular complexity index is 1540. The third-order valence-corrected chi connectivity index (χ3v) is 7.90. The zero-order valence-corrected chi connectivity index (χ0v) is 24.3. The van der Waals surface area contributed by atoms with Crippen molar-refractivity contribution in [1.82, 2.24) is 4.72 Å². The van der Waals surface area contributed by atoms with Gasteiger partial charge in [0.25, 0.3) is 0 Å². The van der Waals surface area contributed by atoms with Gasteiger partial charge in [0, 0.05) is 18.3 Å². The maximum absolute atomic E-state index is 13.8. The zero-order chi connectivity index (χ0) is 29.1. The van der Waals surface area contributed by atoms with Crippen LogP contribution >= 0.6 is 11.6 Å². The van der Waals surface area contributed by atoms with Gasteiger partial charge in [-0.1, -0.05) is 36.7 Å². The maximum atomic E-state index is 13.8. The number of hydrogen-bond acceptors (Lipinski definition) is 8. The molecule has 40 heavy (non-hydrogen) atoms. The number of methoxy groups -OCH3 is 1. The predicted molar refractivity (Wildman–Crippen MR) is 160 cm³/mol. The molecule has 0 spiro atoms. The quantitative estimate of drug-likeness (QED) is 0.286. The topological polar surface area (TPSA) is 138 Å². The number of carbonyl (C=O) groups is 1. The smallest absolute Gasteiger partial charge is 0.243 e. The number of amides is 1. The van der Waals surface area contributed by atoms with Crippen molar-refractivity contribution in [3.63, 3.8) is 0 Å². The summed E-state index contributed by atoms with van der Waals surface area (Å²) in [4.78, 5) is 19.1. The summed E-state index contributed by atoms with van der Waals surface area (Å²) >= 11 is 6.47. The first-order valence-corrected chi connectivity index (χ1v) is 14.6. The summed E-state index contributed by atoms with van der Waals surface area (Å²) in [5.41, 5.74) is 7.02. The standard InChI is InChI=1S/C28H33ClN6O4S/c1-5-15-35-24-12-7-6-11-22(24)32-25(33-23-17-19(39-4)13-14-21(23)29)26(35)34-40(37,38)20-10-8-9-18(16-20)31-27(36)28(2,3)30/h6-14,16-17,26,34H,5,15,30H2,1-4H3,(H,31,36)(H,32,33). The summed E-state index contributed by atoms with van der Waals surface area (Å²) in [6, 6.07) is 18.6. The molecule has 0 radical (unpaired) electrons. The van der Waals surface area contributed by atoms with Gasteiger partial charge in [0.2, 0.25) is 15.9 Å². The van der Waals surface area contributed by atoms with Gasteiger partial charge >= 0.3 is 0 Å². The number of nitrogens with two attached hydrogens (primary N) is 1. The van der Waals surface area contributed by atoms with Gasteiger partial charge in [-0.15, -0.1) is 0 Å². The first-order valence-electron chi connectivity index (χ1n) is 12.7. The fourth-order valence-corrected chi connectivity index (χ4v) is 5.47. The van der Waals surface area contributed by atoms with E-state index in [1.807, 2.05) is 36.1 Å². The van der Waals surface area contributed by atoms with Crippen LogP contribution in [0.3, 0.4) is 0 Å². The Kier molecular flexibility index (Phi) is 8.69. The molecular weight excluding hydrogens is 552 g/mol. The number of hydrogen-bond donors (Lipinski definition) is 4. The van der Waals surface area contributed by atoms with Crippen LogP contribution in [0.25, 0.3) is 0 Å². The fourth-order valence-electron chi connectivity index (χ4n) is 4.10. The lowest BCUT2D eigenvalue weighted by Gasteiger charge is -2.38. The SMILES string of the molecule is CCCN1c2ccccc2N=C(Nc2cc(OC)ccc2Cl)C1NS(=O)(=O)c1cccc(NC(=O)C(C)(C)N)c1. The Morgan fingerprint density at radius 2 is 1.88 bits per heavy atom. The molecule has 0 saturated heterocycles. The normalized spacial score (nSPS) is 15.2. The molecule has 4 rings (SSSR count). The minimum absolute atomic E-state index is 0.0332. The highest BCUT2D eigenvalue weighted by molar-refractivity contribution is 7.89. The third kappa shape index (κ3) is 6.56. The molecule has 5 N–H and O–H groups in total. The largest absolute Gasteiger partial charge is 0.497 e. The van der Waals surface area contributed by atoms with Crippen LogP contribution in [0, 0.1) is 0 Å². The molecule has 1 aliphatic rings. The highest BCUT2D eigenvalue weighted by atomic mass is 35.5. The van der Waals surface area contributed by atoms with Crippen molar-refractivity contribution in [2.75, 3.05) is 29.2 Å². The summed E-state index contributed by atoms with van der Waals surface area (Å²) in [6.07, 6.45) is -0.154. The van der Waals surface area contributed by atoms with E-state index in [1.54, 1.807) is 51.3 Å². The summed E-state index contributed by atoms with van der Waals surface area (Å²) in [7, 11) is -2.56. The first-order chi connectivity index (χ1) is 18.9. The number of halogens is 1. The Labute approximate surface area is 239 Å². The average Bonchev–Trinajstić information content (AvgIpc) is 2.91. The second-order valence-corrected chi connectivity index (χ2v) is 12.0. The van der Waals surface area contributed by atoms with Crippen LogP contribution in [0.4, 0.5) is 22.7 Å². The van der Waals surface area contributed by atoms with E-state index in [0.29, 0.717) is 40.2 Å². The van der Waals surface area contributed by atoms with E-state index in [1.165, 1.54) is 12.1 Å². The van der Waals surface area contributed by atoms with Gasteiger partial charge in [-0.3, -0.25) is 4.79 Å². The molecule has 212 valence electrons. The van der Waals surface area contributed by atoms with E-state index >= 15 is 0 Å². The van der Waals surface area contributed by atoms with E-state index in [0.717, 1.165) is 12.1 Å². The molecule has 0 fully saturated rings. The second kappa shape index (κ2) is 11.8. The number of fused-ring (bicyclic) bond motifs is 1. The summed E-state index contributed by atoms with van der Waals surface area (Å²) in [6.45, 7) is 5.68. The van der Waals surface area contributed by atoms with Gasteiger partial charge in [-0.05, 0) is 62.7 Å². The number of carbonyl (C=O) groups excluding carboxylic acids is 1. The number of amidine groups is 1. The van der Waals surface area contributed by atoms with Crippen LogP contribution in [0.5, 0.6) is 5.75 Å². The van der Waals surface area contributed by atoms with E-state index in [-0.39, 0.29) is 4.90 Å². The van der Waals surface area contributed by atoms with Gasteiger partial charge in [0.1, 0.15) is 11.6 Å². The molecule has 1 heterocycles. The maximum Gasteiger partial charge on any atom is 0.243 e. The highest BCUT2D eigenvalue weighted by Crippen LogP contribution is 2.36. The molecule has 1 atom stereocenters. The Balaban J connectivity index is 1.74. The Morgan fingerprint density at radius 3 is 2.58 bits per heavy atom. The number of aliphatic imine (C=N–C) groups is 1. The summed E-state index contributed by atoms with van der Waals surface area (Å²) in [5.74, 6) is 0.466. The predicted octanol–water partition coefficient (Wildman–Crippen LogP) is 4.70. The van der Waals surface area contributed by atoms with E-state index in [2.05, 4.69) is 15.4 Å². The molecule has 10 nitrogen and oxygen atoms in total. The van der Waals surface area contributed by atoms with Gasteiger partial charge in [-0.2, -0.15) is 4.72 Å². The molecule has 1 unspecified atom stereocenters. The number of rotatable bonds is 9. The van der Waals surface area contributed by atoms with Crippen molar-refractivity contribution in [3.8, 4) is 5.75 Å². The van der Waals surface area contributed by atoms with Crippen LogP contribution in [0.1, 0.15) is 27.2 Å². The van der Waals surface area contributed by atoms with E-state index in [4.69, 9.17) is 27.1 Å². The molecule has 0 aliphatic carbocycles. The second-order valence-electron chi connectivity index (χ2n) is 9.88. The first kappa shape index (κ1) is 29.3. The Hall–Kier alpha value is -3.64. The van der Waals surface area contributed by atoms with Crippen LogP contribution < -0.4 is 30.7 Å². The van der Waals surface area contributed by atoms with Crippen LogP contribution in [-0.2, 0) is 14.8 Å². The van der Waals surface area contributed by atoms with Crippen molar-refractivity contribution in [2.45, 2.75) is 43.8 Å². The highest BCUT2D eigenvalue weighted by Gasteiger charge is 2.34. The van der Waals surface area contributed by atoms with E-state index in [9.17, 15) is 13.2 Å². The van der Waals surface area contributed by atoms with Crippen molar-refractivity contribution in [3.05, 3.63) is 71.8 Å². The number of para-hydroxylation sites is 2. The van der Waals surface area contributed by atoms with Crippen molar-refractivity contribution >= 4 is 56.1 Å². The molecule has 0 bridgehead atoms. The lowest BCUT2D eigenvalue weighted by Crippen LogP contribution is -2.56. The van der Waals surface area contributed by atoms with Crippen LogP contribution in [0.2, 0.25) is 5.02 Å². The van der Waals surface area contributed by atoms with Crippen LogP contribution in [0.15, 0.2) is 76.6 Å². The molecule has 3 aromatic rings. The van der Waals surface area contributed by atoms with Gasteiger partial charge in [0.05, 0.1) is 39.6 Å². The van der Waals surface area contributed by atoms with Crippen LogP contribution in [-0.4, -0.2) is 45.5 Å². The zero-order valence-electron chi connectivity index (χ0n) is 22.7. The summed E-state index contributed by atoms with van der Waals surface area (Å²) in [5, 5.41) is 6.31. The lowest BCUT2D eigenvalue weighted by atomic mass is 10.1. The minimum Gasteiger partial charge on any atom is -0.497 e.